The van der Waals surface area contributed by atoms with Gasteiger partial charge in [-0.15, -0.1) is 0 Å². The molecule has 8 amide bonds. The van der Waals surface area contributed by atoms with Crippen molar-refractivity contribution < 1.29 is 48.6 Å². The Hall–Kier alpha value is -7.18. The molecule has 9 atom stereocenters. The van der Waals surface area contributed by atoms with Crippen molar-refractivity contribution >= 4 is 58.2 Å². The number of likely N-dealkylation sites (tertiary alicyclic amines) is 1. The lowest BCUT2D eigenvalue weighted by Crippen LogP contribution is -2.61. The van der Waals surface area contributed by atoms with E-state index in [1.165, 1.54) is 43.8 Å². The van der Waals surface area contributed by atoms with E-state index in [-0.39, 0.29) is 45.1 Å². The molecule has 350 valence electrons. The summed E-state index contributed by atoms with van der Waals surface area (Å²) in [6.45, 7) is 2.61. The smallest absolute Gasteiger partial charge is 0.245 e. The van der Waals surface area contributed by atoms with Gasteiger partial charge in [0.1, 0.15) is 42.3 Å². The number of benzene rings is 1. The van der Waals surface area contributed by atoms with Crippen molar-refractivity contribution in [3.63, 3.8) is 0 Å². The fourth-order valence-electron chi connectivity index (χ4n) is 7.41. The number of para-hydroxylation sites is 1. The minimum atomic E-state index is -1.49. The predicted molar refractivity (Wildman–Crippen MR) is 230 cm³/mol. The highest BCUT2D eigenvalue weighted by molar-refractivity contribution is 5.98. The van der Waals surface area contributed by atoms with Crippen LogP contribution in [0.1, 0.15) is 56.5 Å². The molecule has 1 saturated heterocycles. The first kappa shape index (κ1) is 48.8. The second-order valence-corrected chi connectivity index (χ2v) is 16.0. The molecule has 1 aliphatic rings. The number of aliphatic hydroxyl groups is 2. The van der Waals surface area contributed by atoms with Gasteiger partial charge in [-0.3, -0.25) is 38.4 Å². The number of carbonyl (C=O) groups excluding carboxylic acids is 8. The van der Waals surface area contributed by atoms with E-state index in [0.29, 0.717) is 23.4 Å². The Morgan fingerprint density at radius 3 is 1.88 bits per heavy atom. The second kappa shape index (κ2) is 22.4. The number of hydrogen-bond acceptors (Lipinski definition) is 13. The maximum Gasteiger partial charge on any atom is 0.245 e. The number of rotatable bonds is 23. The Morgan fingerprint density at radius 1 is 0.754 bits per heavy atom. The molecule has 3 aromatic heterocycles. The summed E-state index contributed by atoms with van der Waals surface area (Å²) in [6, 6.07) is -2.35. The second-order valence-electron chi connectivity index (χ2n) is 16.0. The summed E-state index contributed by atoms with van der Waals surface area (Å²) in [5, 5.41) is 33.7. The molecule has 0 radical (unpaired) electrons. The molecule has 1 aliphatic heterocycles. The number of nitrogens with two attached hydrogens (primary N) is 3. The van der Waals surface area contributed by atoms with Crippen LogP contribution >= 0.6 is 0 Å². The molecule has 0 bridgehead atoms. The molecular weight excluding hydrogens is 849 g/mol. The highest BCUT2D eigenvalue weighted by Gasteiger charge is 2.40. The van der Waals surface area contributed by atoms with Gasteiger partial charge < -0.3 is 73.8 Å². The Balaban J connectivity index is 1.37. The summed E-state index contributed by atoms with van der Waals surface area (Å²) in [4.78, 5) is 125. The van der Waals surface area contributed by atoms with Gasteiger partial charge in [0.05, 0.1) is 24.9 Å². The molecule has 0 saturated carbocycles. The van der Waals surface area contributed by atoms with Crippen molar-refractivity contribution in [2.75, 3.05) is 6.54 Å². The number of amides is 8. The van der Waals surface area contributed by atoms with Crippen molar-refractivity contribution in [3.8, 4) is 0 Å². The summed E-state index contributed by atoms with van der Waals surface area (Å²) in [6.07, 6.45) is 4.01. The van der Waals surface area contributed by atoms with Crippen LogP contribution in [0.4, 0.5) is 0 Å². The number of carbonyl (C=O) groups is 8. The van der Waals surface area contributed by atoms with Crippen LogP contribution in [-0.2, 0) is 57.6 Å². The molecule has 4 heterocycles. The summed E-state index contributed by atoms with van der Waals surface area (Å²) in [5.41, 5.74) is 19.0. The highest BCUT2D eigenvalue weighted by atomic mass is 16.3. The third-order valence-electron chi connectivity index (χ3n) is 11.0. The van der Waals surface area contributed by atoms with Crippen LogP contribution in [0.3, 0.4) is 0 Å². The number of aromatic amines is 3. The van der Waals surface area contributed by atoms with E-state index in [9.17, 15) is 48.6 Å². The number of primary amides is 2. The first-order chi connectivity index (χ1) is 30.9. The van der Waals surface area contributed by atoms with E-state index in [4.69, 9.17) is 17.2 Å². The van der Waals surface area contributed by atoms with E-state index in [2.05, 4.69) is 51.5 Å². The van der Waals surface area contributed by atoms with Crippen LogP contribution in [0.15, 0.2) is 55.5 Å². The minimum Gasteiger partial charge on any atom is -0.391 e. The zero-order chi connectivity index (χ0) is 47.4. The Labute approximate surface area is 372 Å². The first-order valence-electron chi connectivity index (χ1n) is 20.9. The molecule has 24 heteroatoms. The highest BCUT2D eigenvalue weighted by Crippen LogP contribution is 2.22. The SMILES string of the molecule is C[C@@H](O)[C@H](N)C(=O)N[C@@H](Cc1cnc[nH]1)C(=O)N[C@@H](Cc1cnc[nH]1)C(=O)N[C@@H](CCC(N)=O)C(=O)N1CCC[C@H]1C(=O)N[C@@H](Cc1c[nH]c2ccccc12)C(=O)N[C@H](C(N)=O)[C@@H](C)O. The third-order valence-corrected chi connectivity index (χ3v) is 11.0. The average molecular weight is 905 g/mol. The molecule has 1 fully saturated rings. The molecule has 16 N–H and O–H groups in total. The van der Waals surface area contributed by atoms with Crippen LogP contribution < -0.4 is 43.8 Å². The Bertz CT molecular complexity index is 2300. The summed E-state index contributed by atoms with van der Waals surface area (Å²) in [5.74, 6) is -6.72. The number of nitrogens with zero attached hydrogens (tertiary/aromatic N) is 3. The number of imidazole rings is 2. The maximum atomic E-state index is 14.4. The molecule has 4 aromatic rings. The normalized spacial score (nSPS) is 17.4. The van der Waals surface area contributed by atoms with Crippen molar-refractivity contribution in [3.05, 3.63) is 72.5 Å². The maximum absolute atomic E-state index is 14.4. The van der Waals surface area contributed by atoms with E-state index in [0.717, 1.165) is 10.9 Å². The van der Waals surface area contributed by atoms with Gasteiger partial charge in [0.2, 0.25) is 47.3 Å². The summed E-state index contributed by atoms with van der Waals surface area (Å²) in [7, 11) is 0. The van der Waals surface area contributed by atoms with Crippen molar-refractivity contribution in [2.24, 2.45) is 17.2 Å². The van der Waals surface area contributed by atoms with Crippen LogP contribution in [0.5, 0.6) is 0 Å². The molecule has 0 aliphatic carbocycles. The van der Waals surface area contributed by atoms with Gasteiger partial charge in [0, 0.05) is 73.1 Å². The van der Waals surface area contributed by atoms with Crippen LogP contribution in [-0.4, -0.2) is 148 Å². The van der Waals surface area contributed by atoms with E-state index >= 15 is 0 Å². The number of hydrogen-bond donors (Lipinski definition) is 13. The third kappa shape index (κ3) is 13.2. The van der Waals surface area contributed by atoms with Gasteiger partial charge >= 0.3 is 0 Å². The summed E-state index contributed by atoms with van der Waals surface area (Å²) >= 11 is 0. The lowest BCUT2D eigenvalue weighted by molar-refractivity contribution is -0.143. The van der Waals surface area contributed by atoms with Gasteiger partial charge in [-0.2, -0.15) is 0 Å². The predicted octanol–water partition coefficient (Wildman–Crippen LogP) is -4.10. The quantitative estimate of drug-likeness (QED) is 0.0337. The van der Waals surface area contributed by atoms with Gasteiger partial charge in [-0.05, 0) is 44.7 Å². The molecule has 24 nitrogen and oxygen atoms in total. The van der Waals surface area contributed by atoms with Gasteiger partial charge in [0.25, 0.3) is 0 Å². The Kier molecular flexibility index (Phi) is 16.9. The molecular formula is C41H56N14O10. The standard InChI is InChI=1S/C41H56N14O10/c1-20(56)33(43)40(64)53-30(14-24-17-46-19-49-24)37(61)51-29(13-23-16-45-18-48-23)36(60)50-27(9-10-32(42)58)41(65)55-11-5-8-31(55)39(63)52-28(38(62)54-34(21(2)57)35(44)59)12-22-15-47-26-7-4-3-6-25(22)26/h3-4,6-7,15-21,27-31,33-34,47,56-57H,5,8-14,43H2,1-2H3,(H2,42,58)(H2,44,59)(H,45,48)(H,46,49)(H,50,60)(H,51,61)(H,52,63)(H,53,64)(H,54,62)/t20-,21-,27+,28+,29+,30+,31+,33+,34+/m1/s1. The molecule has 0 spiro atoms. The zero-order valence-electron chi connectivity index (χ0n) is 35.8. The largest absolute Gasteiger partial charge is 0.391 e. The number of aliphatic hydroxyl groups excluding tert-OH is 2. The summed E-state index contributed by atoms with van der Waals surface area (Å²) < 4.78 is 0. The molecule has 5 rings (SSSR count). The van der Waals surface area contributed by atoms with Crippen molar-refractivity contribution in [1.29, 1.82) is 0 Å². The van der Waals surface area contributed by atoms with Crippen molar-refractivity contribution in [2.45, 2.75) is 113 Å². The minimum absolute atomic E-state index is 0.0445. The molecule has 1 aromatic carbocycles. The first-order valence-corrected chi connectivity index (χ1v) is 20.9. The monoisotopic (exact) mass is 904 g/mol. The van der Waals surface area contributed by atoms with Gasteiger partial charge in [0.15, 0.2) is 0 Å². The van der Waals surface area contributed by atoms with Crippen LogP contribution in [0.2, 0.25) is 0 Å². The van der Waals surface area contributed by atoms with Gasteiger partial charge in [-0.25, -0.2) is 9.97 Å². The van der Waals surface area contributed by atoms with Crippen molar-refractivity contribution in [1.82, 2.24) is 56.4 Å². The molecule has 65 heavy (non-hydrogen) atoms. The van der Waals surface area contributed by atoms with Gasteiger partial charge in [-0.1, -0.05) is 18.2 Å². The fraction of sp³-hybridized carbons (Fsp3) is 0.463. The van der Waals surface area contributed by atoms with Crippen LogP contribution in [0, 0.1) is 0 Å². The lowest BCUT2D eigenvalue weighted by atomic mass is 10.0. The molecule has 0 unspecified atom stereocenters. The number of nitrogens with one attached hydrogen (secondary N) is 8. The lowest BCUT2D eigenvalue weighted by Gasteiger charge is -2.31. The number of fused-ring (bicyclic) bond motifs is 1. The zero-order valence-corrected chi connectivity index (χ0v) is 35.8. The Morgan fingerprint density at radius 2 is 1.32 bits per heavy atom. The topological polar surface area (TPSA) is 392 Å². The van der Waals surface area contributed by atoms with E-state index in [1.54, 1.807) is 12.3 Å². The number of H-pyrrole nitrogens is 3. The van der Waals surface area contributed by atoms with E-state index < -0.39 is 102 Å². The average Bonchev–Trinajstić information content (AvgIpc) is 4.12. The van der Waals surface area contributed by atoms with Crippen LogP contribution in [0.25, 0.3) is 10.9 Å². The van der Waals surface area contributed by atoms with E-state index in [1.807, 2.05) is 18.2 Å². The number of aromatic nitrogens is 5. The fourth-order valence-corrected chi connectivity index (χ4v) is 7.41.